The molecule has 0 aromatic heterocycles. The summed E-state index contributed by atoms with van der Waals surface area (Å²) in [5.41, 5.74) is 6.88. The minimum absolute atomic E-state index is 0.0767. The van der Waals surface area contributed by atoms with E-state index in [0.29, 0.717) is 0 Å². The summed E-state index contributed by atoms with van der Waals surface area (Å²) in [5.74, 6) is 0.189. The Morgan fingerprint density at radius 3 is 2.15 bits per heavy atom. The number of carbonyl (C=O) groups is 1. The molecule has 0 unspecified atom stereocenters. The van der Waals surface area contributed by atoms with Crippen LogP contribution < -0.4 is 9.80 Å². The Morgan fingerprint density at radius 2 is 1.44 bits per heavy atom. The lowest BCUT2D eigenvalue weighted by molar-refractivity contribution is -0.111. The zero-order valence-electron chi connectivity index (χ0n) is 20.5. The number of fused-ring (bicyclic) bond motifs is 2. The molecule has 3 aliphatic rings. The molecule has 2 aliphatic heterocycles. The Kier molecular flexibility index (Phi) is 6.03. The Balaban J connectivity index is 1.39. The highest BCUT2D eigenvalue weighted by Crippen LogP contribution is 2.48. The first-order valence-electron chi connectivity index (χ1n) is 12.2. The number of rotatable bonds is 4. The van der Waals surface area contributed by atoms with E-state index in [9.17, 15) is 4.79 Å². The summed E-state index contributed by atoms with van der Waals surface area (Å²) in [6.45, 7) is 10.7. The van der Waals surface area contributed by atoms with Crippen LogP contribution in [0, 0.1) is 0 Å². The highest BCUT2D eigenvalue weighted by atomic mass is 32.2. The number of benzene rings is 2. The van der Waals surface area contributed by atoms with E-state index in [4.69, 9.17) is 0 Å². The van der Waals surface area contributed by atoms with Gasteiger partial charge in [0.05, 0.1) is 10.7 Å². The Hall–Kier alpha value is -2.98. The number of nitrogens with zero attached hydrogens (tertiary/aromatic N) is 2. The molecule has 4 heteroatoms. The van der Waals surface area contributed by atoms with E-state index in [-0.39, 0.29) is 11.2 Å². The van der Waals surface area contributed by atoms with Crippen LogP contribution in [0.3, 0.4) is 0 Å². The number of likely N-dealkylation sites (N-methyl/N-ethyl adjacent to an activating group) is 1. The van der Waals surface area contributed by atoms with Crippen LogP contribution in [0.25, 0.3) is 0 Å². The number of hydrogen-bond donors (Lipinski definition) is 0. The van der Waals surface area contributed by atoms with Crippen molar-refractivity contribution in [1.82, 2.24) is 0 Å². The third kappa shape index (κ3) is 3.74. The fourth-order valence-corrected chi connectivity index (χ4v) is 6.49. The zero-order valence-corrected chi connectivity index (χ0v) is 21.3. The van der Waals surface area contributed by atoms with Crippen LogP contribution in [0.5, 0.6) is 0 Å². The van der Waals surface area contributed by atoms with Crippen molar-refractivity contribution in [1.29, 1.82) is 0 Å². The molecule has 0 spiro atoms. The van der Waals surface area contributed by atoms with Crippen LogP contribution in [0.1, 0.15) is 46.1 Å². The SMILES string of the molecule is CCN1/C(=C\C=C2\CC/C(=C\C=C3\N(CC)c4ccccc4C3(C)C)C2=O)Sc2ccccc21. The predicted octanol–water partition coefficient (Wildman–Crippen LogP) is 7.38. The molecule has 3 nitrogen and oxygen atoms in total. The molecule has 2 aromatic carbocycles. The minimum atomic E-state index is -0.0767. The van der Waals surface area contributed by atoms with Crippen molar-refractivity contribution in [3.05, 3.63) is 100 Å². The summed E-state index contributed by atoms with van der Waals surface area (Å²) < 4.78 is 0. The van der Waals surface area contributed by atoms with Crippen LogP contribution in [-0.2, 0) is 10.2 Å². The van der Waals surface area contributed by atoms with E-state index in [2.05, 4.69) is 104 Å². The molecule has 0 saturated heterocycles. The average Bonchev–Trinajstić information content (AvgIpc) is 3.45. The highest BCUT2D eigenvalue weighted by molar-refractivity contribution is 8.03. The number of Topliss-reactive ketones (excluding diaryl/α,β-unsaturated/α-hetero) is 1. The molecule has 0 amide bonds. The van der Waals surface area contributed by atoms with Crippen LogP contribution in [-0.4, -0.2) is 18.9 Å². The second kappa shape index (κ2) is 8.99. The molecule has 1 fully saturated rings. The lowest BCUT2D eigenvalue weighted by Crippen LogP contribution is -2.25. The lowest BCUT2D eigenvalue weighted by atomic mass is 9.83. The van der Waals surface area contributed by atoms with Crippen molar-refractivity contribution in [3.63, 3.8) is 0 Å². The zero-order chi connectivity index (χ0) is 23.9. The van der Waals surface area contributed by atoms with E-state index in [1.807, 2.05) is 6.08 Å². The Labute approximate surface area is 207 Å². The number of thioether (sulfide) groups is 1. The van der Waals surface area contributed by atoms with Gasteiger partial charge in [-0.2, -0.15) is 0 Å². The third-order valence-corrected chi connectivity index (χ3v) is 8.32. The first-order chi connectivity index (χ1) is 16.5. The number of carbonyl (C=O) groups excluding carboxylic acids is 1. The molecule has 2 heterocycles. The molecule has 174 valence electrons. The van der Waals surface area contributed by atoms with Crippen molar-refractivity contribution < 1.29 is 4.79 Å². The van der Waals surface area contributed by atoms with Gasteiger partial charge in [0.2, 0.25) is 0 Å². The predicted molar refractivity (Wildman–Crippen MR) is 144 cm³/mol. The van der Waals surface area contributed by atoms with Crippen LogP contribution in [0.15, 0.2) is 99.6 Å². The van der Waals surface area contributed by atoms with Gasteiger partial charge in [-0.3, -0.25) is 4.79 Å². The highest BCUT2D eigenvalue weighted by Gasteiger charge is 2.39. The smallest absolute Gasteiger partial charge is 0.185 e. The summed E-state index contributed by atoms with van der Waals surface area (Å²) in [6, 6.07) is 17.1. The number of hydrogen-bond acceptors (Lipinski definition) is 4. The van der Waals surface area contributed by atoms with Crippen LogP contribution in [0.4, 0.5) is 11.4 Å². The Bertz CT molecular complexity index is 1260. The van der Waals surface area contributed by atoms with E-state index >= 15 is 0 Å². The van der Waals surface area contributed by atoms with Gasteiger partial charge in [0, 0.05) is 45.9 Å². The van der Waals surface area contributed by atoms with Gasteiger partial charge in [-0.05, 0) is 62.6 Å². The maximum Gasteiger partial charge on any atom is 0.185 e. The second-order valence-corrected chi connectivity index (χ2v) is 10.5. The van der Waals surface area contributed by atoms with Crippen molar-refractivity contribution in [2.24, 2.45) is 0 Å². The lowest BCUT2D eigenvalue weighted by Gasteiger charge is -2.25. The summed E-state index contributed by atoms with van der Waals surface area (Å²) in [5, 5.41) is 1.19. The monoisotopic (exact) mass is 468 g/mol. The largest absolute Gasteiger partial charge is 0.344 e. The van der Waals surface area contributed by atoms with Gasteiger partial charge in [-0.15, -0.1) is 0 Å². The van der Waals surface area contributed by atoms with E-state index in [0.717, 1.165) is 37.1 Å². The molecule has 5 rings (SSSR count). The van der Waals surface area contributed by atoms with Gasteiger partial charge >= 0.3 is 0 Å². The molecule has 34 heavy (non-hydrogen) atoms. The third-order valence-electron chi connectivity index (χ3n) is 7.18. The minimum Gasteiger partial charge on any atom is -0.344 e. The number of anilines is 2. The number of para-hydroxylation sites is 2. The molecule has 2 aromatic rings. The number of allylic oxidation sites excluding steroid dienone is 7. The van der Waals surface area contributed by atoms with Crippen molar-refractivity contribution in [2.75, 3.05) is 22.9 Å². The summed E-state index contributed by atoms with van der Waals surface area (Å²) in [4.78, 5) is 19.2. The van der Waals surface area contributed by atoms with Crippen molar-refractivity contribution >= 4 is 28.9 Å². The van der Waals surface area contributed by atoms with Gasteiger partial charge in [-0.1, -0.05) is 68.1 Å². The Morgan fingerprint density at radius 1 is 0.824 bits per heavy atom. The van der Waals surface area contributed by atoms with E-state index < -0.39 is 0 Å². The van der Waals surface area contributed by atoms with Crippen LogP contribution in [0.2, 0.25) is 0 Å². The molecule has 1 aliphatic carbocycles. The second-order valence-electron chi connectivity index (χ2n) is 9.47. The topological polar surface area (TPSA) is 23.6 Å². The molecular weight excluding hydrogens is 436 g/mol. The van der Waals surface area contributed by atoms with E-state index in [1.165, 1.54) is 32.6 Å². The maximum atomic E-state index is 13.2. The van der Waals surface area contributed by atoms with Gasteiger partial charge in [0.1, 0.15) is 0 Å². The molecular formula is C30H32N2OS. The standard InChI is InChI=1S/C30H32N2OS/c1-5-31-24-12-8-7-11-23(24)30(3,4)27(31)19-17-21-15-16-22(29(21)33)18-20-28-32(6-2)25-13-9-10-14-26(25)34-28/h7-14,17-20H,5-6,15-16H2,1-4H3/b21-17+,22-18-,27-19+,28-20+. The molecule has 0 N–H and O–H groups in total. The van der Waals surface area contributed by atoms with Crippen LogP contribution >= 0.6 is 11.8 Å². The maximum absolute atomic E-state index is 13.2. The molecule has 0 atom stereocenters. The van der Waals surface area contributed by atoms with E-state index in [1.54, 1.807) is 11.8 Å². The number of ketones is 1. The van der Waals surface area contributed by atoms with Gasteiger partial charge in [-0.25, -0.2) is 0 Å². The first kappa shape index (κ1) is 22.8. The summed E-state index contributed by atoms with van der Waals surface area (Å²) in [6.07, 6.45) is 10.0. The summed E-state index contributed by atoms with van der Waals surface area (Å²) in [7, 11) is 0. The van der Waals surface area contributed by atoms with Gasteiger partial charge < -0.3 is 9.80 Å². The fraction of sp³-hybridized carbons (Fsp3) is 0.300. The van der Waals surface area contributed by atoms with Crippen molar-refractivity contribution in [3.8, 4) is 0 Å². The normalized spacial score (nSPS) is 23.6. The molecule has 0 radical (unpaired) electrons. The van der Waals surface area contributed by atoms with Gasteiger partial charge in [0.25, 0.3) is 0 Å². The molecule has 0 bridgehead atoms. The average molecular weight is 469 g/mol. The van der Waals surface area contributed by atoms with Crippen molar-refractivity contribution in [2.45, 2.75) is 50.8 Å². The molecule has 1 saturated carbocycles. The first-order valence-corrected chi connectivity index (χ1v) is 13.1. The summed E-state index contributed by atoms with van der Waals surface area (Å²) >= 11 is 1.78. The fourth-order valence-electron chi connectivity index (χ4n) is 5.36. The quantitative estimate of drug-likeness (QED) is 0.437. The van der Waals surface area contributed by atoms with Gasteiger partial charge in [0.15, 0.2) is 5.78 Å².